The van der Waals surface area contributed by atoms with Gasteiger partial charge < -0.3 is 14.2 Å². The SMILES string of the molecule is CCOc1ccc(C2=NN3[C@H](C2)c2cccc(OCC)c2O[C@@H]3c2cccnc2)cc1. The van der Waals surface area contributed by atoms with Crippen molar-refractivity contribution in [3.8, 4) is 17.2 Å². The van der Waals surface area contributed by atoms with Crippen molar-refractivity contribution in [2.75, 3.05) is 13.2 Å². The fourth-order valence-corrected chi connectivity index (χ4v) is 4.18. The van der Waals surface area contributed by atoms with Crippen molar-refractivity contribution in [2.24, 2.45) is 5.10 Å². The lowest BCUT2D eigenvalue weighted by molar-refractivity contribution is -0.0214. The van der Waals surface area contributed by atoms with E-state index in [1.165, 1.54) is 0 Å². The summed E-state index contributed by atoms with van der Waals surface area (Å²) in [4.78, 5) is 4.29. The first-order chi connectivity index (χ1) is 15.3. The first-order valence-corrected chi connectivity index (χ1v) is 10.7. The highest BCUT2D eigenvalue weighted by molar-refractivity contribution is 6.02. The maximum atomic E-state index is 6.48. The van der Waals surface area contributed by atoms with Crippen LogP contribution in [0.15, 0.2) is 72.1 Å². The molecule has 2 aliphatic rings. The zero-order valence-corrected chi connectivity index (χ0v) is 17.7. The highest BCUT2D eigenvalue weighted by atomic mass is 16.5. The largest absolute Gasteiger partial charge is 0.494 e. The van der Waals surface area contributed by atoms with Crippen LogP contribution in [0.4, 0.5) is 0 Å². The number of ether oxygens (including phenoxy) is 3. The second-order valence-electron chi connectivity index (χ2n) is 7.47. The molecule has 0 radical (unpaired) electrons. The van der Waals surface area contributed by atoms with Gasteiger partial charge in [0, 0.05) is 29.9 Å². The molecule has 0 N–H and O–H groups in total. The highest BCUT2D eigenvalue weighted by Crippen LogP contribution is 2.50. The van der Waals surface area contributed by atoms with Gasteiger partial charge in [0.05, 0.1) is 25.0 Å². The van der Waals surface area contributed by atoms with Gasteiger partial charge in [-0.3, -0.25) is 4.98 Å². The van der Waals surface area contributed by atoms with Gasteiger partial charge in [0.1, 0.15) is 5.75 Å². The van der Waals surface area contributed by atoms with Crippen LogP contribution in [0.25, 0.3) is 0 Å². The highest BCUT2D eigenvalue weighted by Gasteiger charge is 2.42. The summed E-state index contributed by atoms with van der Waals surface area (Å²) in [5, 5.41) is 7.06. The van der Waals surface area contributed by atoms with Crippen molar-refractivity contribution < 1.29 is 14.2 Å². The number of pyridine rings is 1. The van der Waals surface area contributed by atoms with Crippen molar-refractivity contribution in [1.29, 1.82) is 0 Å². The summed E-state index contributed by atoms with van der Waals surface area (Å²) in [6.45, 7) is 5.20. The molecular formula is C25H25N3O3. The van der Waals surface area contributed by atoms with Crippen LogP contribution in [0, 0.1) is 0 Å². The first-order valence-electron chi connectivity index (χ1n) is 10.7. The number of para-hydroxylation sites is 1. The standard InChI is InChI=1S/C25H25N3O3/c1-3-29-19-12-10-17(11-13-19)21-15-22-20-8-5-9-23(30-4-2)24(20)31-25(28(22)27-21)18-7-6-14-26-16-18/h5-14,16,22,25H,3-4,15H2,1-2H3/t22-,25-/m1/s1. The Morgan fingerprint density at radius 3 is 2.58 bits per heavy atom. The Morgan fingerprint density at radius 2 is 1.84 bits per heavy atom. The van der Waals surface area contributed by atoms with Gasteiger partial charge in [-0.15, -0.1) is 0 Å². The fourth-order valence-electron chi connectivity index (χ4n) is 4.18. The van der Waals surface area contributed by atoms with Crippen LogP contribution in [-0.4, -0.2) is 28.9 Å². The summed E-state index contributed by atoms with van der Waals surface area (Å²) in [6, 6.07) is 18.2. The number of aromatic nitrogens is 1. The average molecular weight is 415 g/mol. The number of benzene rings is 2. The van der Waals surface area contributed by atoms with Crippen LogP contribution in [0.1, 0.15) is 49.2 Å². The van der Waals surface area contributed by atoms with E-state index in [0.717, 1.165) is 46.1 Å². The zero-order valence-electron chi connectivity index (χ0n) is 17.7. The lowest BCUT2D eigenvalue weighted by Crippen LogP contribution is -2.34. The van der Waals surface area contributed by atoms with Gasteiger partial charge in [-0.25, -0.2) is 5.01 Å². The summed E-state index contributed by atoms with van der Waals surface area (Å²) in [7, 11) is 0. The molecule has 2 atom stereocenters. The van der Waals surface area contributed by atoms with Crippen molar-refractivity contribution in [3.63, 3.8) is 0 Å². The van der Waals surface area contributed by atoms with Crippen molar-refractivity contribution in [2.45, 2.75) is 32.5 Å². The molecular weight excluding hydrogens is 390 g/mol. The second-order valence-corrected chi connectivity index (χ2v) is 7.47. The van der Waals surface area contributed by atoms with Crippen LogP contribution in [0.5, 0.6) is 17.2 Å². The third-order valence-electron chi connectivity index (χ3n) is 5.55. The Balaban J connectivity index is 1.55. The van der Waals surface area contributed by atoms with Crippen molar-refractivity contribution >= 4 is 5.71 Å². The summed E-state index contributed by atoms with van der Waals surface area (Å²) in [6.07, 6.45) is 4.02. The quantitative estimate of drug-likeness (QED) is 0.559. The third kappa shape index (κ3) is 3.58. The molecule has 158 valence electrons. The summed E-state index contributed by atoms with van der Waals surface area (Å²) in [5.41, 5.74) is 4.17. The molecule has 1 aromatic heterocycles. The van der Waals surface area contributed by atoms with E-state index >= 15 is 0 Å². The molecule has 0 amide bonds. The maximum Gasteiger partial charge on any atom is 0.215 e. The van der Waals surface area contributed by atoms with Crippen LogP contribution in [0.2, 0.25) is 0 Å². The molecule has 2 aliphatic heterocycles. The molecule has 0 saturated heterocycles. The molecule has 0 unspecified atom stereocenters. The van der Waals surface area contributed by atoms with Crippen molar-refractivity contribution in [3.05, 3.63) is 83.7 Å². The van der Waals surface area contributed by atoms with Crippen molar-refractivity contribution in [1.82, 2.24) is 9.99 Å². The average Bonchev–Trinajstić information content (AvgIpc) is 3.26. The second kappa shape index (κ2) is 8.30. The summed E-state index contributed by atoms with van der Waals surface area (Å²) >= 11 is 0. The minimum Gasteiger partial charge on any atom is -0.494 e. The van der Waals surface area contributed by atoms with Crippen LogP contribution >= 0.6 is 0 Å². The topological polar surface area (TPSA) is 56.2 Å². The van der Waals surface area contributed by atoms with Gasteiger partial charge in [0.2, 0.25) is 6.23 Å². The van der Waals surface area contributed by atoms with E-state index in [1.54, 1.807) is 6.20 Å². The molecule has 31 heavy (non-hydrogen) atoms. The zero-order chi connectivity index (χ0) is 21.2. The minimum absolute atomic E-state index is 0.0657. The Hall–Kier alpha value is -3.54. The lowest BCUT2D eigenvalue weighted by Gasteiger charge is -2.38. The Bertz CT molecular complexity index is 1080. The molecule has 0 bridgehead atoms. The van der Waals surface area contributed by atoms with E-state index in [-0.39, 0.29) is 12.3 Å². The van der Waals surface area contributed by atoms with Gasteiger partial charge in [0.25, 0.3) is 0 Å². The van der Waals surface area contributed by atoms with E-state index < -0.39 is 0 Å². The number of hydrogen-bond donors (Lipinski definition) is 0. The lowest BCUT2D eigenvalue weighted by atomic mass is 9.95. The Kier molecular flexibility index (Phi) is 5.20. The number of fused-ring (bicyclic) bond motifs is 3. The van der Waals surface area contributed by atoms with Gasteiger partial charge in [-0.05, 0) is 55.8 Å². The Labute approximate surface area is 182 Å². The number of nitrogens with zero attached hydrogens (tertiary/aromatic N) is 3. The number of hydrogen-bond acceptors (Lipinski definition) is 6. The Morgan fingerprint density at radius 1 is 1.00 bits per heavy atom. The molecule has 0 fully saturated rings. The van der Waals surface area contributed by atoms with E-state index in [9.17, 15) is 0 Å². The molecule has 3 heterocycles. The smallest absolute Gasteiger partial charge is 0.215 e. The predicted octanol–water partition coefficient (Wildman–Crippen LogP) is 5.12. The molecule has 0 saturated carbocycles. The molecule has 0 spiro atoms. The normalized spacial score (nSPS) is 19.2. The van der Waals surface area contributed by atoms with E-state index in [1.807, 2.05) is 56.4 Å². The van der Waals surface area contributed by atoms with E-state index in [0.29, 0.717) is 13.2 Å². The maximum absolute atomic E-state index is 6.48. The summed E-state index contributed by atoms with van der Waals surface area (Å²) in [5.74, 6) is 2.43. The molecule has 5 rings (SSSR count). The van der Waals surface area contributed by atoms with Gasteiger partial charge in [-0.2, -0.15) is 5.10 Å². The molecule has 6 nitrogen and oxygen atoms in total. The fraction of sp³-hybridized carbons (Fsp3) is 0.280. The number of hydrazone groups is 1. The third-order valence-corrected chi connectivity index (χ3v) is 5.55. The van der Waals surface area contributed by atoms with Gasteiger partial charge >= 0.3 is 0 Å². The molecule has 6 heteroatoms. The van der Waals surface area contributed by atoms with Crippen LogP contribution in [-0.2, 0) is 0 Å². The molecule has 0 aliphatic carbocycles. The van der Waals surface area contributed by atoms with Crippen LogP contribution < -0.4 is 14.2 Å². The van der Waals surface area contributed by atoms with Gasteiger partial charge in [-0.1, -0.05) is 18.2 Å². The molecule has 2 aromatic carbocycles. The van der Waals surface area contributed by atoms with Gasteiger partial charge in [0.15, 0.2) is 11.5 Å². The predicted molar refractivity (Wildman–Crippen MR) is 119 cm³/mol. The molecule has 3 aromatic rings. The number of rotatable bonds is 6. The minimum atomic E-state index is -0.368. The van der Waals surface area contributed by atoms with Crippen LogP contribution in [0.3, 0.4) is 0 Å². The van der Waals surface area contributed by atoms with E-state index in [4.69, 9.17) is 19.3 Å². The first kappa shape index (κ1) is 19.4. The van der Waals surface area contributed by atoms with E-state index in [2.05, 4.69) is 28.2 Å². The summed E-state index contributed by atoms with van der Waals surface area (Å²) < 4.78 is 17.9. The monoisotopic (exact) mass is 415 g/mol.